The molecule has 4 heterocycles. The van der Waals surface area contributed by atoms with Crippen LogP contribution >= 0.6 is 61.3 Å². The van der Waals surface area contributed by atoms with E-state index < -0.39 is 52.0 Å². The zero-order chi connectivity index (χ0) is 34.1. The first-order valence-electron chi connectivity index (χ1n) is 12.9. The van der Waals surface area contributed by atoms with Gasteiger partial charge in [-0.2, -0.15) is 0 Å². The number of primary amides is 2. The molecule has 0 atom stereocenters. The molecule has 0 bridgehead atoms. The summed E-state index contributed by atoms with van der Waals surface area (Å²) in [5.41, 5.74) is 9.62. The Morgan fingerprint density at radius 1 is 0.745 bits per heavy atom. The smallest absolute Gasteiger partial charge is 0.254 e. The summed E-state index contributed by atoms with van der Waals surface area (Å²) >= 11 is 9.83. The largest absolute Gasteiger partial charge is 0.505 e. The number of benzene rings is 2. The third kappa shape index (κ3) is 9.23. The topological polar surface area (TPSA) is 141 Å². The molecule has 2 amide bonds. The van der Waals surface area contributed by atoms with Crippen LogP contribution < -0.4 is 16.2 Å². The number of alkyl halides is 1. The monoisotopic (exact) mass is 784 g/mol. The van der Waals surface area contributed by atoms with Crippen LogP contribution in [-0.4, -0.2) is 26.9 Å². The molecule has 2 aromatic carbocycles. The number of hydrogen-bond acceptors (Lipinski definition) is 10. The Morgan fingerprint density at radius 3 is 1.72 bits per heavy atom. The highest BCUT2D eigenvalue weighted by molar-refractivity contribution is 9.08. The number of thiazole rings is 2. The van der Waals surface area contributed by atoms with Gasteiger partial charge < -0.3 is 21.3 Å². The summed E-state index contributed by atoms with van der Waals surface area (Å²) in [4.78, 5) is 32.6. The van der Waals surface area contributed by atoms with E-state index >= 15 is 0 Å². The summed E-state index contributed by atoms with van der Waals surface area (Å²) in [6, 6.07) is 11.6. The van der Waals surface area contributed by atoms with Crippen LogP contribution in [0.25, 0.3) is 19.8 Å². The first-order chi connectivity index (χ1) is 22.5. The molecule has 0 saturated carbocycles. The van der Waals surface area contributed by atoms with Gasteiger partial charge in [0.1, 0.15) is 39.4 Å². The fourth-order valence-electron chi connectivity index (χ4n) is 3.56. The molecular formula is C30H21BrF4N4O4S4. The van der Waals surface area contributed by atoms with Gasteiger partial charge in [0.05, 0.1) is 21.1 Å². The summed E-state index contributed by atoms with van der Waals surface area (Å²) < 4.78 is 58.1. The van der Waals surface area contributed by atoms with Crippen LogP contribution in [0.3, 0.4) is 0 Å². The molecule has 0 aliphatic rings. The van der Waals surface area contributed by atoms with E-state index in [4.69, 9.17) is 15.6 Å². The lowest BCUT2D eigenvalue weighted by Gasteiger charge is -2.08. The number of hydrogen-bond donors (Lipinski definition) is 3. The normalized spacial score (nSPS) is 10.4. The Bertz CT molecular complexity index is 1970. The average molecular weight is 786 g/mol. The summed E-state index contributed by atoms with van der Waals surface area (Å²) in [6.07, 6.45) is 0. The standard InChI is InChI=1S/C15H10F2N2O2S2.C8H6BrNS2.C7H5F2NO2/c16-9-3-4-10(13(17)12(9)14(18)20)21-6-8-7-23-15(19-8)11-2-1-5-22-11;9-4-6-5-12-8(10-6)7-2-1-3-11-7;8-3-1-2-4(11)6(9)5(3)7(10)12/h1-5,7H,6H2,(H2,18,20);1-3,5H,4H2;1-2,11H,(H2,10,12). The van der Waals surface area contributed by atoms with Crippen molar-refractivity contribution in [3.8, 4) is 31.3 Å². The van der Waals surface area contributed by atoms with E-state index in [9.17, 15) is 27.2 Å². The van der Waals surface area contributed by atoms with Gasteiger partial charge in [-0.25, -0.2) is 27.5 Å². The number of carbonyl (C=O) groups excluding carboxylic acids is 2. The van der Waals surface area contributed by atoms with Crippen LogP contribution in [0, 0.1) is 23.3 Å². The minimum absolute atomic E-state index is 0.00261. The molecule has 0 spiro atoms. The third-order valence-corrected chi connectivity index (χ3v) is 10.1. The molecule has 0 radical (unpaired) electrons. The second-order valence-electron chi connectivity index (χ2n) is 8.88. The first kappa shape index (κ1) is 35.7. The van der Waals surface area contributed by atoms with Gasteiger partial charge in [-0.15, -0.1) is 45.3 Å². The molecule has 0 fully saturated rings. The molecule has 6 aromatic rings. The van der Waals surface area contributed by atoms with Gasteiger partial charge >= 0.3 is 0 Å². The van der Waals surface area contributed by atoms with E-state index in [-0.39, 0.29) is 12.4 Å². The highest BCUT2D eigenvalue weighted by Gasteiger charge is 2.20. The lowest BCUT2D eigenvalue weighted by Crippen LogP contribution is -2.16. The molecule has 4 aromatic heterocycles. The van der Waals surface area contributed by atoms with Crippen LogP contribution in [0.4, 0.5) is 17.6 Å². The number of ether oxygens (including phenoxy) is 1. The number of rotatable bonds is 8. The Kier molecular flexibility index (Phi) is 12.6. The average Bonchev–Trinajstić information content (AvgIpc) is 3.86. The number of phenolic OH excluding ortho intramolecular Hbond substituents is 1. The van der Waals surface area contributed by atoms with Crippen LogP contribution in [0.1, 0.15) is 32.1 Å². The zero-order valence-electron chi connectivity index (χ0n) is 23.6. The third-order valence-electron chi connectivity index (χ3n) is 5.70. The van der Waals surface area contributed by atoms with E-state index in [0.29, 0.717) is 5.69 Å². The second-order valence-corrected chi connectivity index (χ2v) is 13.1. The summed E-state index contributed by atoms with van der Waals surface area (Å²) in [7, 11) is 0. The number of nitrogens with two attached hydrogens (primary N) is 2. The minimum Gasteiger partial charge on any atom is -0.505 e. The van der Waals surface area contributed by atoms with Crippen molar-refractivity contribution in [3.05, 3.63) is 116 Å². The van der Waals surface area contributed by atoms with Crippen molar-refractivity contribution in [1.82, 2.24) is 9.97 Å². The van der Waals surface area contributed by atoms with Crippen molar-refractivity contribution in [1.29, 1.82) is 0 Å². The van der Waals surface area contributed by atoms with Gasteiger partial charge in [-0.3, -0.25) is 9.59 Å². The van der Waals surface area contributed by atoms with E-state index in [1.807, 2.05) is 17.5 Å². The fraction of sp³-hybridized carbons (Fsp3) is 0.0667. The van der Waals surface area contributed by atoms with E-state index in [0.717, 1.165) is 50.2 Å². The molecule has 0 saturated heterocycles. The number of phenols is 1. The number of aromatic nitrogens is 2. The SMILES string of the molecule is BrCc1csc(-c2cccs2)n1.NC(=O)c1c(F)ccc(O)c1F.NC(=O)c1c(F)ccc(OCc2csc(-c3cccs3)n2)c1F. The maximum Gasteiger partial charge on any atom is 0.254 e. The predicted molar refractivity (Wildman–Crippen MR) is 179 cm³/mol. The second kappa shape index (κ2) is 16.6. The molecule has 0 aliphatic carbocycles. The molecule has 47 heavy (non-hydrogen) atoms. The number of carbonyl (C=O) groups is 2. The van der Waals surface area contributed by atoms with Crippen molar-refractivity contribution in [2.75, 3.05) is 0 Å². The Labute approximate surface area is 289 Å². The molecule has 0 unspecified atom stereocenters. The highest BCUT2D eigenvalue weighted by atomic mass is 79.9. The molecular weight excluding hydrogens is 765 g/mol. The molecule has 6 rings (SSSR count). The van der Waals surface area contributed by atoms with Gasteiger partial charge in [0, 0.05) is 16.1 Å². The first-order valence-corrected chi connectivity index (χ1v) is 17.5. The molecule has 17 heteroatoms. The predicted octanol–water partition coefficient (Wildman–Crippen LogP) is 8.36. The number of thiophene rings is 2. The number of aromatic hydroxyl groups is 1. The summed E-state index contributed by atoms with van der Waals surface area (Å²) in [5.74, 6) is -8.02. The van der Waals surface area contributed by atoms with Gasteiger partial charge in [0.15, 0.2) is 23.1 Å². The van der Waals surface area contributed by atoms with Crippen molar-refractivity contribution in [2.24, 2.45) is 11.5 Å². The Hall–Kier alpha value is -4.16. The number of nitrogens with zero attached hydrogens (tertiary/aromatic N) is 2. The van der Waals surface area contributed by atoms with Crippen molar-refractivity contribution in [3.63, 3.8) is 0 Å². The van der Waals surface area contributed by atoms with Gasteiger partial charge in [-0.05, 0) is 47.2 Å². The lowest BCUT2D eigenvalue weighted by molar-refractivity contribution is 0.0982. The lowest BCUT2D eigenvalue weighted by atomic mass is 10.1. The molecule has 244 valence electrons. The quantitative estimate of drug-likeness (QED) is 0.105. The van der Waals surface area contributed by atoms with E-state index in [1.54, 1.807) is 39.4 Å². The van der Waals surface area contributed by atoms with Crippen molar-refractivity contribution >= 4 is 73.1 Å². The van der Waals surface area contributed by atoms with Crippen LogP contribution in [0.5, 0.6) is 11.5 Å². The highest BCUT2D eigenvalue weighted by Crippen LogP contribution is 2.30. The summed E-state index contributed by atoms with van der Waals surface area (Å²) in [6.45, 7) is 0.00261. The van der Waals surface area contributed by atoms with Crippen LogP contribution in [0.15, 0.2) is 70.1 Å². The fourth-order valence-corrected chi connectivity index (χ4v) is 7.31. The van der Waals surface area contributed by atoms with Crippen LogP contribution in [0.2, 0.25) is 0 Å². The minimum atomic E-state index is -1.33. The number of halogens is 5. The Balaban J connectivity index is 0.000000176. The maximum absolute atomic E-state index is 14.0. The van der Waals surface area contributed by atoms with Crippen LogP contribution in [-0.2, 0) is 11.9 Å². The molecule has 0 aliphatic heterocycles. The van der Waals surface area contributed by atoms with E-state index in [1.165, 1.54) is 16.2 Å². The van der Waals surface area contributed by atoms with Gasteiger partial charge in [0.25, 0.3) is 11.8 Å². The molecule has 5 N–H and O–H groups in total. The summed E-state index contributed by atoms with van der Waals surface area (Å²) in [5, 5.41) is 19.4. The van der Waals surface area contributed by atoms with Crippen molar-refractivity contribution in [2.45, 2.75) is 11.9 Å². The zero-order valence-corrected chi connectivity index (χ0v) is 28.4. The molecule has 8 nitrogen and oxygen atoms in total. The number of amides is 2. The van der Waals surface area contributed by atoms with Gasteiger partial charge in [-0.1, -0.05) is 28.1 Å². The Morgan fingerprint density at radius 2 is 1.26 bits per heavy atom. The van der Waals surface area contributed by atoms with E-state index in [2.05, 4.69) is 54.5 Å². The van der Waals surface area contributed by atoms with Crippen molar-refractivity contribution < 1.29 is 37.0 Å². The van der Waals surface area contributed by atoms with Gasteiger partial charge in [0.2, 0.25) is 0 Å². The maximum atomic E-state index is 14.0.